The van der Waals surface area contributed by atoms with Crippen LogP contribution in [-0.2, 0) is 6.42 Å². The Morgan fingerprint density at radius 2 is 1.95 bits per heavy atom. The molecule has 5 nitrogen and oxygen atoms in total. The lowest BCUT2D eigenvalue weighted by Gasteiger charge is -2.20. The van der Waals surface area contributed by atoms with E-state index in [0.29, 0.717) is 24.1 Å². The van der Waals surface area contributed by atoms with Gasteiger partial charge in [-0.15, -0.1) is 0 Å². The second kappa shape index (κ2) is 5.47. The van der Waals surface area contributed by atoms with E-state index in [9.17, 15) is 14.4 Å². The lowest BCUT2D eigenvalue weighted by Crippen LogP contribution is -2.37. The van der Waals surface area contributed by atoms with Gasteiger partial charge in [0, 0.05) is 23.7 Å². The molecule has 112 valence electrons. The second-order valence-electron chi connectivity index (χ2n) is 6.30. The molecule has 3 rings (SSSR count). The summed E-state index contributed by atoms with van der Waals surface area (Å²) in [6.45, 7) is 1.99. The van der Waals surface area contributed by atoms with E-state index in [1.54, 1.807) is 0 Å². The molecule has 21 heavy (non-hydrogen) atoms. The standard InChI is InChI=1S/C16H20N2O3/c1-9-6-13-11(14(19)7-9)8-12(16(21)18-13)15(20)17-10-4-2-3-5-10/h8-10H,2-7H2,1H3,(H,17,20)(H,18,21). The highest BCUT2D eigenvalue weighted by molar-refractivity contribution is 6.01. The van der Waals surface area contributed by atoms with E-state index in [2.05, 4.69) is 10.3 Å². The van der Waals surface area contributed by atoms with Gasteiger partial charge in [-0.1, -0.05) is 19.8 Å². The number of carbonyl (C=O) groups is 2. The molecule has 2 N–H and O–H groups in total. The third kappa shape index (κ3) is 2.77. The Hall–Kier alpha value is -1.91. The van der Waals surface area contributed by atoms with Crippen molar-refractivity contribution in [2.24, 2.45) is 5.92 Å². The molecule has 1 aromatic rings. The Bertz CT molecular complexity index is 641. The average molecular weight is 288 g/mol. The number of hydrogen-bond donors (Lipinski definition) is 2. The Morgan fingerprint density at radius 1 is 1.24 bits per heavy atom. The predicted molar refractivity (Wildman–Crippen MR) is 78.6 cm³/mol. The number of hydrogen-bond acceptors (Lipinski definition) is 3. The Morgan fingerprint density at radius 3 is 2.67 bits per heavy atom. The normalized spacial score (nSPS) is 22.1. The summed E-state index contributed by atoms with van der Waals surface area (Å²) >= 11 is 0. The molecule has 1 saturated carbocycles. The van der Waals surface area contributed by atoms with Gasteiger partial charge in [-0.05, 0) is 31.2 Å². The summed E-state index contributed by atoms with van der Waals surface area (Å²) in [7, 11) is 0. The molecule has 0 radical (unpaired) electrons. The van der Waals surface area contributed by atoms with Crippen molar-refractivity contribution in [1.82, 2.24) is 10.3 Å². The number of aromatic nitrogens is 1. The molecule has 1 unspecified atom stereocenters. The van der Waals surface area contributed by atoms with Crippen LogP contribution in [0.15, 0.2) is 10.9 Å². The first-order chi connectivity index (χ1) is 10.0. The van der Waals surface area contributed by atoms with Gasteiger partial charge in [0.25, 0.3) is 11.5 Å². The molecule has 1 fully saturated rings. The molecule has 1 amide bonds. The van der Waals surface area contributed by atoms with Crippen molar-refractivity contribution in [3.8, 4) is 0 Å². The molecule has 0 bridgehead atoms. The molecule has 1 aromatic heterocycles. The Kier molecular flexibility index (Phi) is 3.66. The maximum absolute atomic E-state index is 12.2. The molecule has 0 saturated heterocycles. The quantitative estimate of drug-likeness (QED) is 0.871. The average Bonchev–Trinajstić information content (AvgIpc) is 2.90. The van der Waals surface area contributed by atoms with Crippen LogP contribution in [-0.4, -0.2) is 22.7 Å². The summed E-state index contributed by atoms with van der Waals surface area (Å²) in [5.41, 5.74) is 0.833. The summed E-state index contributed by atoms with van der Waals surface area (Å²) in [5.74, 6) is -0.119. The summed E-state index contributed by atoms with van der Waals surface area (Å²) < 4.78 is 0. The smallest absolute Gasteiger partial charge is 0.261 e. The fourth-order valence-electron chi connectivity index (χ4n) is 3.33. The third-order valence-corrected chi connectivity index (χ3v) is 4.44. The number of aromatic amines is 1. The highest BCUT2D eigenvalue weighted by Gasteiger charge is 2.26. The summed E-state index contributed by atoms with van der Waals surface area (Å²) in [5, 5.41) is 2.90. The van der Waals surface area contributed by atoms with Crippen molar-refractivity contribution in [2.45, 2.75) is 51.5 Å². The van der Waals surface area contributed by atoms with Gasteiger partial charge in [-0.2, -0.15) is 0 Å². The van der Waals surface area contributed by atoms with E-state index in [1.165, 1.54) is 6.07 Å². The number of carbonyl (C=O) groups excluding carboxylic acids is 2. The van der Waals surface area contributed by atoms with Crippen LogP contribution in [0.2, 0.25) is 0 Å². The highest BCUT2D eigenvalue weighted by Crippen LogP contribution is 2.23. The van der Waals surface area contributed by atoms with Gasteiger partial charge in [0.15, 0.2) is 5.78 Å². The zero-order chi connectivity index (χ0) is 15.0. The van der Waals surface area contributed by atoms with Crippen molar-refractivity contribution < 1.29 is 9.59 Å². The van der Waals surface area contributed by atoms with Gasteiger partial charge in [0.2, 0.25) is 0 Å². The molecule has 5 heteroatoms. The fraction of sp³-hybridized carbons (Fsp3) is 0.562. The van der Waals surface area contributed by atoms with Crippen LogP contribution in [0.5, 0.6) is 0 Å². The van der Waals surface area contributed by atoms with Crippen LogP contribution in [0.3, 0.4) is 0 Å². The SMILES string of the molecule is CC1CC(=O)c2cc(C(=O)NC3CCCC3)c(=O)[nH]c2C1. The van der Waals surface area contributed by atoms with Crippen molar-refractivity contribution in [1.29, 1.82) is 0 Å². The maximum Gasteiger partial charge on any atom is 0.261 e. The van der Waals surface area contributed by atoms with Crippen LogP contribution in [0.1, 0.15) is 65.4 Å². The van der Waals surface area contributed by atoms with Crippen molar-refractivity contribution in [3.05, 3.63) is 33.2 Å². The van der Waals surface area contributed by atoms with E-state index in [0.717, 1.165) is 25.7 Å². The van der Waals surface area contributed by atoms with Crippen molar-refractivity contribution >= 4 is 11.7 Å². The summed E-state index contributed by atoms with van der Waals surface area (Å²) in [6.07, 6.45) is 5.31. The number of rotatable bonds is 2. The topological polar surface area (TPSA) is 79.0 Å². The van der Waals surface area contributed by atoms with Gasteiger partial charge in [-0.3, -0.25) is 14.4 Å². The first kappa shape index (κ1) is 14.0. The first-order valence-electron chi connectivity index (χ1n) is 7.65. The fourth-order valence-corrected chi connectivity index (χ4v) is 3.33. The summed E-state index contributed by atoms with van der Waals surface area (Å²) in [4.78, 5) is 39.1. The zero-order valence-corrected chi connectivity index (χ0v) is 12.2. The first-order valence-corrected chi connectivity index (χ1v) is 7.65. The number of Topliss-reactive ketones (excluding diaryl/α,β-unsaturated/α-hetero) is 1. The third-order valence-electron chi connectivity index (χ3n) is 4.44. The van der Waals surface area contributed by atoms with E-state index in [4.69, 9.17) is 0 Å². The molecule has 0 aliphatic heterocycles. The molecule has 1 heterocycles. The number of pyridine rings is 1. The minimum atomic E-state index is -0.397. The Labute approximate surface area is 123 Å². The van der Waals surface area contributed by atoms with Crippen LogP contribution >= 0.6 is 0 Å². The van der Waals surface area contributed by atoms with Crippen LogP contribution in [0, 0.1) is 5.92 Å². The summed E-state index contributed by atoms with van der Waals surface area (Å²) in [6, 6.07) is 1.63. The molecule has 1 atom stereocenters. The number of H-pyrrole nitrogens is 1. The van der Waals surface area contributed by atoms with Gasteiger partial charge < -0.3 is 10.3 Å². The highest BCUT2D eigenvalue weighted by atomic mass is 16.2. The number of amides is 1. The minimum Gasteiger partial charge on any atom is -0.349 e. The van der Waals surface area contributed by atoms with Crippen LogP contribution in [0.25, 0.3) is 0 Å². The van der Waals surface area contributed by atoms with E-state index in [-0.39, 0.29) is 29.2 Å². The maximum atomic E-state index is 12.2. The van der Waals surface area contributed by atoms with Gasteiger partial charge in [0.1, 0.15) is 5.56 Å². The number of ketones is 1. The molecule has 0 aromatic carbocycles. The minimum absolute atomic E-state index is 0.00918. The lowest BCUT2D eigenvalue weighted by atomic mass is 9.86. The van der Waals surface area contributed by atoms with Gasteiger partial charge in [0.05, 0.1) is 0 Å². The number of nitrogens with one attached hydrogen (secondary N) is 2. The molecule has 2 aliphatic carbocycles. The lowest BCUT2D eigenvalue weighted by molar-refractivity contribution is 0.0936. The molecular formula is C16H20N2O3. The van der Waals surface area contributed by atoms with E-state index in [1.807, 2.05) is 6.92 Å². The molecule has 2 aliphatic rings. The van der Waals surface area contributed by atoms with Crippen molar-refractivity contribution in [2.75, 3.05) is 0 Å². The van der Waals surface area contributed by atoms with Crippen molar-refractivity contribution in [3.63, 3.8) is 0 Å². The van der Waals surface area contributed by atoms with E-state index < -0.39 is 5.56 Å². The largest absolute Gasteiger partial charge is 0.349 e. The zero-order valence-electron chi connectivity index (χ0n) is 12.2. The van der Waals surface area contributed by atoms with Gasteiger partial charge >= 0.3 is 0 Å². The Balaban J connectivity index is 1.89. The predicted octanol–water partition coefficient (Wildman–Crippen LogP) is 1.81. The van der Waals surface area contributed by atoms with Crippen LogP contribution < -0.4 is 10.9 Å². The monoisotopic (exact) mass is 288 g/mol. The molecule has 0 spiro atoms. The molecular weight excluding hydrogens is 268 g/mol. The van der Waals surface area contributed by atoms with E-state index >= 15 is 0 Å². The van der Waals surface area contributed by atoms with Crippen LogP contribution in [0.4, 0.5) is 0 Å². The van der Waals surface area contributed by atoms with Gasteiger partial charge in [-0.25, -0.2) is 0 Å². The second-order valence-corrected chi connectivity index (χ2v) is 6.30. The number of fused-ring (bicyclic) bond motifs is 1.